The smallest absolute Gasteiger partial charge is 0.305 e. The largest absolute Gasteiger partial charge is 0.453 e. The Morgan fingerprint density at radius 2 is 1.74 bits per heavy atom. The first-order valence-corrected chi connectivity index (χ1v) is 11.3. The van der Waals surface area contributed by atoms with Crippen molar-refractivity contribution in [2.45, 2.75) is 57.6 Å². The second-order valence-electron chi connectivity index (χ2n) is 7.19. The van der Waals surface area contributed by atoms with Gasteiger partial charge in [-0.15, -0.1) is 0 Å². The number of rotatable bonds is 10. The second kappa shape index (κ2) is 10.5. The van der Waals surface area contributed by atoms with Gasteiger partial charge in [0.15, 0.2) is 11.7 Å². The zero-order valence-electron chi connectivity index (χ0n) is 18.1. The molecule has 2 unspecified atom stereocenters. The van der Waals surface area contributed by atoms with Crippen LogP contribution in [-0.4, -0.2) is 70.5 Å². The molecule has 174 valence electrons. The highest BCUT2D eigenvalue weighted by atomic mass is 32.2. The van der Waals surface area contributed by atoms with Gasteiger partial charge in [-0.25, -0.2) is 0 Å². The lowest BCUT2D eigenvalue weighted by molar-refractivity contribution is -0.227. The molecule has 1 aromatic rings. The molecule has 0 radical (unpaired) electrons. The molecule has 11 heteroatoms. The summed E-state index contributed by atoms with van der Waals surface area (Å²) in [6.45, 7) is 3.53. The van der Waals surface area contributed by atoms with Gasteiger partial charge in [0.1, 0.15) is 12.7 Å². The van der Waals surface area contributed by atoms with Gasteiger partial charge in [-0.05, 0) is 12.5 Å². The molecule has 1 heterocycles. The normalized spacial score (nSPS) is 26.9. The summed E-state index contributed by atoms with van der Waals surface area (Å²) in [4.78, 5) is 23.4. The van der Waals surface area contributed by atoms with Crippen molar-refractivity contribution in [3.05, 3.63) is 35.9 Å². The van der Waals surface area contributed by atoms with Gasteiger partial charge in [-0.1, -0.05) is 30.3 Å². The Kier molecular flexibility index (Phi) is 8.55. The number of carbonyl (C=O) groups is 2. The molecular formula is C20H28O10S. The van der Waals surface area contributed by atoms with Gasteiger partial charge in [0.05, 0.1) is 19.0 Å². The van der Waals surface area contributed by atoms with Gasteiger partial charge in [-0.3, -0.25) is 13.8 Å². The van der Waals surface area contributed by atoms with Crippen molar-refractivity contribution in [3.63, 3.8) is 0 Å². The lowest BCUT2D eigenvalue weighted by Gasteiger charge is -2.37. The minimum Gasteiger partial charge on any atom is -0.453 e. The molecule has 0 aromatic heterocycles. The molecule has 1 aromatic carbocycles. The maximum Gasteiger partial charge on any atom is 0.305 e. The summed E-state index contributed by atoms with van der Waals surface area (Å²) in [5.74, 6) is -1.35. The fourth-order valence-corrected chi connectivity index (χ4v) is 3.69. The van der Waals surface area contributed by atoms with Crippen LogP contribution in [0.5, 0.6) is 0 Å². The fourth-order valence-electron chi connectivity index (χ4n) is 3.29. The van der Waals surface area contributed by atoms with Gasteiger partial charge in [0, 0.05) is 21.0 Å². The molecule has 1 aliphatic heterocycles. The molecule has 5 atom stereocenters. The molecule has 0 bridgehead atoms. The Hall–Kier alpha value is -2.05. The van der Waals surface area contributed by atoms with Crippen molar-refractivity contribution in [1.82, 2.24) is 0 Å². The maximum atomic E-state index is 11.8. The third-order valence-electron chi connectivity index (χ3n) is 4.78. The summed E-state index contributed by atoms with van der Waals surface area (Å²) in [6.07, 6.45) is -3.54. The van der Waals surface area contributed by atoms with E-state index >= 15 is 0 Å². The van der Waals surface area contributed by atoms with Crippen LogP contribution in [0.25, 0.3) is 0 Å². The van der Waals surface area contributed by atoms with E-state index in [2.05, 4.69) is 0 Å². The third kappa shape index (κ3) is 6.71. The molecule has 0 N–H and O–H groups in total. The van der Waals surface area contributed by atoms with Crippen molar-refractivity contribution in [2.75, 3.05) is 20.0 Å². The first-order valence-electron chi connectivity index (χ1n) is 9.53. The van der Waals surface area contributed by atoms with Crippen LogP contribution in [-0.2, 0) is 54.2 Å². The van der Waals surface area contributed by atoms with E-state index in [0.717, 1.165) is 11.8 Å². The van der Waals surface area contributed by atoms with Crippen LogP contribution < -0.4 is 0 Å². The highest BCUT2D eigenvalue weighted by molar-refractivity contribution is 7.85. The molecule has 0 saturated carbocycles. The molecule has 1 saturated heterocycles. The number of hydrogen-bond acceptors (Lipinski definition) is 10. The van der Waals surface area contributed by atoms with Gasteiger partial charge in [0.2, 0.25) is 6.29 Å². The Bertz CT molecular complexity index is 856. The van der Waals surface area contributed by atoms with E-state index in [4.69, 9.17) is 27.9 Å². The van der Waals surface area contributed by atoms with Crippen molar-refractivity contribution < 1.29 is 45.9 Å². The molecule has 0 aliphatic carbocycles. The number of ether oxygens (including phenoxy) is 5. The topological polar surface area (TPSA) is 124 Å². The van der Waals surface area contributed by atoms with E-state index in [-0.39, 0.29) is 6.61 Å². The lowest BCUT2D eigenvalue weighted by atomic mass is 9.90. The Labute approximate surface area is 181 Å². The fraction of sp³-hybridized carbons (Fsp3) is 0.600. The summed E-state index contributed by atoms with van der Waals surface area (Å²) in [6, 6.07) is 9.15. The highest BCUT2D eigenvalue weighted by Gasteiger charge is 2.62. The average Bonchev–Trinajstić information content (AvgIpc) is 2.96. The van der Waals surface area contributed by atoms with Crippen LogP contribution in [0.15, 0.2) is 30.3 Å². The van der Waals surface area contributed by atoms with Crippen LogP contribution in [0, 0.1) is 0 Å². The van der Waals surface area contributed by atoms with E-state index in [1.54, 1.807) is 6.92 Å². The van der Waals surface area contributed by atoms with Crippen molar-refractivity contribution in [2.24, 2.45) is 0 Å². The van der Waals surface area contributed by atoms with Crippen LogP contribution in [0.4, 0.5) is 0 Å². The van der Waals surface area contributed by atoms with Crippen LogP contribution >= 0.6 is 0 Å². The molecule has 0 spiro atoms. The number of methoxy groups -OCH3 is 1. The molecule has 1 fully saturated rings. The van der Waals surface area contributed by atoms with E-state index in [0.29, 0.717) is 0 Å². The first-order chi connectivity index (χ1) is 14.5. The molecular weight excluding hydrogens is 432 g/mol. The minimum atomic E-state index is -3.87. The first kappa shape index (κ1) is 25.2. The molecule has 0 amide bonds. The zero-order chi connectivity index (χ0) is 23.2. The Morgan fingerprint density at radius 3 is 2.26 bits per heavy atom. The van der Waals surface area contributed by atoms with E-state index < -0.39 is 58.9 Å². The van der Waals surface area contributed by atoms with Crippen molar-refractivity contribution in [1.29, 1.82) is 0 Å². The summed E-state index contributed by atoms with van der Waals surface area (Å²) in [7, 11) is -2.48. The predicted molar refractivity (Wildman–Crippen MR) is 107 cm³/mol. The number of hydrogen-bond donors (Lipinski definition) is 0. The van der Waals surface area contributed by atoms with Gasteiger partial charge in [-0.2, -0.15) is 8.42 Å². The lowest BCUT2D eigenvalue weighted by Crippen LogP contribution is -2.57. The van der Waals surface area contributed by atoms with E-state index in [9.17, 15) is 18.0 Å². The standard InChI is InChI=1S/C20H28O10S/c1-13(25-4)20(12-27-31(5,23)24)18(26-11-16-9-7-6-8-10-16)17(28-14(2)21)19(30-20)29-15(3)22/h6-10,13,17-19H,11-12H2,1-5H3/t13?,17-,18+,19?,20-/m1/s1. The molecule has 2 rings (SSSR count). The average molecular weight is 461 g/mol. The molecule has 31 heavy (non-hydrogen) atoms. The molecule has 1 aliphatic rings. The SMILES string of the molecule is COC(C)[C@@]1(COS(C)(=O)=O)OC(OC(C)=O)[C@H](OC(C)=O)[C@@H]1OCc1ccccc1. The second-order valence-corrected chi connectivity index (χ2v) is 8.83. The van der Waals surface area contributed by atoms with Gasteiger partial charge in [0.25, 0.3) is 10.1 Å². The maximum absolute atomic E-state index is 11.8. The Morgan fingerprint density at radius 1 is 1.13 bits per heavy atom. The number of benzene rings is 1. The minimum absolute atomic E-state index is 0.0798. The quantitative estimate of drug-likeness (QED) is 0.371. The highest BCUT2D eigenvalue weighted by Crippen LogP contribution is 2.40. The van der Waals surface area contributed by atoms with Crippen LogP contribution in [0.3, 0.4) is 0 Å². The van der Waals surface area contributed by atoms with Crippen molar-refractivity contribution >= 4 is 22.1 Å². The van der Waals surface area contributed by atoms with Gasteiger partial charge >= 0.3 is 11.9 Å². The van der Waals surface area contributed by atoms with Crippen molar-refractivity contribution in [3.8, 4) is 0 Å². The zero-order valence-corrected chi connectivity index (χ0v) is 18.9. The summed E-state index contributed by atoms with van der Waals surface area (Å²) in [5, 5.41) is 0. The summed E-state index contributed by atoms with van der Waals surface area (Å²) >= 11 is 0. The monoisotopic (exact) mass is 460 g/mol. The van der Waals surface area contributed by atoms with Gasteiger partial charge < -0.3 is 23.7 Å². The third-order valence-corrected chi connectivity index (χ3v) is 5.33. The number of esters is 2. The number of carbonyl (C=O) groups excluding carboxylic acids is 2. The van der Waals surface area contributed by atoms with E-state index in [1.807, 2.05) is 30.3 Å². The van der Waals surface area contributed by atoms with Crippen LogP contribution in [0.1, 0.15) is 26.3 Å². The predicted octanol–water partition coefficient (Wildman–Crippen LogP) is 1.17. The summed E-state index contributed by atoms with van der Waals surface area (Å²) < 4.78 is 56.5. The summed E-state index contributed by atoms with van der Waals surface area (Å²) in [5.41, 5.74) is -0.768. The van der Waals surface area contributed by atoms with E-state index in [1.165, 1.54) is 21.0 Å². The molecule has 10 nitrogen and oxygen atoms in total. The van der Waals surface area contributed by atoms with Crippen LogP contribution in [0.2, 0.25) is 0 Å². The Balaban J connectivity index is 2.48.